The number of sulfonamides is 1. The van der Waals surface area contributed by atoms with E-state index in [1.807, 2.05) is 17.5 Å². The molecule has 1 N–H and O–H groups in total. The van der Waals surface area contributed by atoms with Crippen molar-refractivity contribution in [2.45, 2.75) is 19.4 Å². The number of thiophene rings is 1. The minimum Gasteiger partial charge on any atom is -0.480 e. The summed E-state index contributed by atoms with van der Waals surface area (Å²) in [6.45, 7) is 1.35. The lowest BCUT2D eigenvalue weighted by Crippen LogP contribution is -2.41. The maximum atomic E-state index is 11.8. The largest absolute Gasteiger partial charge is 0.480 e. The molecule has 0 aliphatic rings. The van der Waals surface area contributed by atoms with E-state index in [0.717, 1.165) is 9.18 Å². The first-order valence-corrected chi connectivity index (χ1v) is 7.54. The van der Waals surface area contributed by atoms with Crippen LogP contribution in [0.15, 0.2) is 17.5 Å². The van der Waals surface area contributed by atoms with E-state index in [1.54, 1.807) is 0 Å². The molecule has 0 saturated carbocycles. The van der Waals surface area contributed by atoms with Crippen molar-refractivity contribution in [3.8, 4) is 0 Å². The van der Waals surface area contributed by atoms with Crippen molar-refractivity contribution in [1.82, 2.24) is 4.31 Å². The lowest BCUT2D eigenvalue weighted by Gasteiger charge is -2.20. The molecule has 1 unspecified atom stereocenters. The zero-order valence-corrected chi connectivity index (χ0v) is 11.3. The molecule has 0 saturated heterocycles. The van der Waals surface area contributed by atoms with Gasteiger partial charge in [0.1, 0.15) is 6.04 Å². The van der Waals surface area contributed by atoms with Crippen LogP contribution >= 0.6 is 11.3 Å². The Kier molecular flexibility index (Phi) is 4.67. The first-order valence-electron chi connectivity index (χ1n) is 5.05. The SMILES string of the molecule is CC(C(=O)O)N(C)S(=O)(=O)CCc1cccs1. The topological polar surface area (TPSA) is 74.7 Å². The molecule has 0 amide bonds. The van der Waals surface area contributed by atoms with E-state index < -0.39 is 22.0 Å². The molecule has 1 atom stereocenters. The van der Waals surface area contributed by atoms with Gasteiger partial charge in [-0.15, -0.1) is 11.3 Å². The van der Waals surface area contributed by atoms with Crippen LogP contribution in [-0.4, -0.2) is 42.6 Å². The molecule has 5 nitrogen and oxygen atoms in total. The molecule has 1 aromatic rings. The second-order valence-corrected chi connectivity index (χ2v) is 6.86. The molecule has 1 heterocycles. The highest BCUT2D eigenvalue weighted by molar-refractivity contribution is 7.89. The van der Waals surface area contributed by atoms with E-state index in [0.29, 0.717) is 6.42 Å². The highest BCUT2D eigenvalue weighted by atomic mass is 32.2. The summed E-state index contributed by atoms with van der Waals surface area (Å²) in [6.07, 6.45) is 0.413. The van der Waals surface area contributed by atoms with E-state index >= 15 is 0 Å². The first-order chi connectivity index (χ1) is 7.84. The molecule has 0 aromatic carbocycles. The molecule has 0 aliphatic carbocycles. The second kappa shape index (κ2) is 5.61. The lowest BCUT2D eigenvalue weighted by molar-refractivity contribution is -0.140. The van der Waals surface area contributed by atoms with Crippen LogP contribution in [0.1, 0.15) is 11.8 Å². The highest BCUT2D eigenvalue weighted by Crippen LogP contribution is 2.12. The first kappa shape index (κ1) is 14.1. The van der Waals surface area contributed by atoms with E-state index in [9.17, 15) is 13.2 Å². The third kappa shape index (κ3) is 3.79. The van der Waals surface area contributed by atoms with E-state index in [4.69, 9.17) is 5.11 Å². The lowest BCUT2D eigenvalue weighted by atomic mass is 10.4. The summed E-state index contributed by atoms with van der Waals surface area (Å²) in [5.41, 5.74) is 0. The molecule has 0 aliphatic heterocycles. The Labute approximate surface area is 105 Å². The summed E-state index contributed by atoms with van der Waals surface area (Å²) in [5.74, 6) is -1.21. The molecule has 0 spiro atoms. The molecule has 0 bridgehead atoms. The van der Waals surface area contributed by atoms with Gasteiger partial charge in [0.2, 0.25) is 10.0 Å². The summed E-state index contributed by atoms with van der Waals surface area (Å²) >= 11 is 1.49. The molecule has 96 valence electrons. The fourth-order valence-corrected chi connectivity index (χ4v) is 3.40. The normalized spacial score (nSPS) is 13.8. The number of likely N-dealkylation sites (N-methyl/N-ethyl adjacent to an activating group) is 1. The maximum Gasteiger partial charge on any atom is 0.321 e. The van der Waals surface area contributed by atoms with Crippen LogP contribution in [0.4, 0.5) is 0 Å². The molecule has 1 aromatic heterocycles. The van der Waals surface area contributed by atoms with Gasteiger partial charge in [-0.1, -0.05) is 6.07 Å². The van der Waals surface area contributed by atoms with Crippen LogP contribution in [0.5, 0.6) is 0 Å². The molecular formula is C10H15NO4S2. The summed E-state index contributed by atoms with van der Waals surface area (Å²) < 4.78 is 24.6. The van der Waals surface area contributed by atoms with Gasteiger partial charge in [0.05, 0.1) is 5.75 Å². The summed E-state index contributed by atoms with van der Waals surface area (Å²) in [5, 5.41) is 10.6. The van der Waals surface area contributed by atoms with Gasteiger partial charge in [-0.05, 0) is 24.8 Å². The van der Waals surface area contributed by atoms with Crippen LogP contribution in [0.25, 0.3) is 0 Å². The number of aliphatic carboxylic acids is 1. The van der Waals surface area contributed by atoms with Gasteiger partial charge in [-0.25, -0.2) is 8.42 Å². The Morgan fingerprint density at radius 3 is 2.71 bits per heavy atom. The van der Waals surface area contributed by atoms with Crippen molar-refractivity contribution in [2.75, 3.05) is 12.8 Å². The number of hydrogen-bond donors (Lipinski definition) is 1. The summed E-state index contributed by atoms with van der Waals surface area (Å²) in [7, 11) is -2.23. The van der Waals surface area contributed by atoms with Gasteiger partial charge in [-0.2, -0.15) is 4.31 Å². The third-order valence-electron chi connectivity index (χ3n) is 2.53. The van der Waals surface area contributed by atoms with Crippen molar-refractivity contribution in [3.05, 3.63) is 22.4 Å². The van der Waals surface area contributed by atoms with E-state index in [1.165, 1.54) is 25.3 Å². The van der Waals surface area contributed by atoms with Gasteiger partial charge >= 0.3 is 5.97 Å². The number of nitrogens with zero attached hydrogens (tertiary/aromatic N) is 1. The number of carboxylic acid groups (broad SMARTS) is 1. The maximum absolute atomic E-state index is 11.8. The second-order valence-electron chi connectivity index (χ2n) is 3.68. The average Bonchev–Trinajstić information content (AvgIpc) is 2.77. The quantitative estimate of drug-likeness (QED) is 0.842. The van der Waals surface area contributed by atoms with Crippen LogP contribution in [0.2, 0.25) is 0 Å². The minimum absolute atomic E-state index is 0.0678. The van der Waals surface area contributed by atoms with Gasteiger partial charge < -0.3 is 5.11 Å². The van der Waals surface area contributed by atoms with Crippen molar-refractivity contribution in [2.24, 2.45) is 0 Å². The van der Waals surface area contributed by atoms with Crippen molar-refractivity contribution >= 4 is 27.3 Å². The van der Waals surface area contributed by atoms with Crippen molar-refractivity contribution < 1.29 is 18.3 Å². The minimum atomic E-state index is -3.52. The predicted molar refractivity (Wildman–Crippen MR) is 66.7 cm³/mol. The smallest absolute Gasteiger partial charge is 0.321 e. The van der Waals surface area contributed by atoms with Gasteiger partial charge in [0.25, 0.3) is 0 Å². The number of carbonyl (C=O) groups is 1. The predicted octanol–water partition coefficient (Wildman–Crippen LogP) is 1.03. The highest BCUT2D eigenvalue weighted by Gasteiger charge is 2.27. The Morgan fingerprint density at radius 2 is 2.24 bits per heavy atom. The monoisotopic (exact) mass is 277 g/mol. The zero-order chi connectivity index (χ0) is 13.1. The van der Waals surface area contributed by atoms with Crippen LogP contribution in [0.3, 0.4) is 0 Å². The van der Waals surface area contributed by atoms with Crippen LogP contribution < -0.4 is 0 Å². The Balaban J connectivity index is 2.65. The molecule has 1 rings (SSSR count). The Bertz CT molecular complexity index is 467. The number of hydrogen-bond acceptors (Lipinski definition) is 4. The van der Waals surface area contributed by atoms with Crippen molar-refractivity contribution in [1.29, 1.82) is 0 Å². The molecule has 0 radical (unpaired) electrons. The van der Waals surface area contributed by atoms with Crippen molar-refractivity contribution in [3.63, 3.8) is 0 Å². The van der Waals surface area contributed by atoms with Gasteiger partial charge in [0.15, 0.2) is 0 Å². The number of rotatable bonds is 6. The molecule has 17 heavy (non-hydrogen) atoms. The summed E-state index contributed by atoms with van der Waals surface area (Å²) in [6, 6.07) is 2.68. The molecule has 0 fully saturated rings. The van der Waals surface area contributed by atoms with E-state index in [-0.39, 0.29) is 5.75 Å². The number of aryl methyl sites for hydroxylation is 1. The van der Waals surface area contributed by atoms with Crippen LogP contribution in [0, 0.1) is 0 Å². The van der Waals surface area contributed by atoms with Crippen LogP contribution in [-0.2, 0) is 21.2 Å². The zero-order valence-electron chi connectivity index (χ0n) is 9.66. The average molecular weight is 277 g/mol. The standard InChI is InChI=1S/C10H15NO4S2/c1-8(10(12)13)11(2)17(14,15)7-5-9-4-3-6-16-9/h3-4,6,8H,5,7H2,1-2H3,(H,12,13). The Hall–Kier alpha value is -0.920. The number of carboxylic acids is 1. The summed E-state index contributed by atoms with van der Waals surface area (Å²) in [4.78, 5) is 11.7. The molecule has 7 heteroatoms. The third-order valence-corrected chi connectivity index (χ3v) is 5.38. The fraction of sp³-hybridized carbons (Fsp3) is 0.500. The van der Waals surface area contributed by atoms with Gasteiger partial charge in [-0.3, -0.25) is 4.79 Å². The Morgan fingerprint density at radius 1 is 1.59 bits per heavy atom. The fourth-order valence-electron chi connectivity index (χ4n) is 1.22. The van der Waals surface area contributed by atoms with E-state index in [2.05, 4.69) is 0 Å². The van der Waals surface area contributed by atoms with Gasteiger partial charge in [0, 0.05) is 11.9 Å². The molecular weight excluding hydrogens is 262 g/mol.